The van der Waals surface area contributed by atoms with Crippen LogP contribution in [0.15, 0.2) is 85.1 Å². The van der Waals surface area contributed by atoms with Crippen molar-refractivity contribution in [3.63, 3.8) is 0 Å². The number of hydrogen-bond acceptors (Lipinski definition) is 18. The Morgan fingerprint density at radius 3 is 1.87 bits per heavy atom. The molecule has 2 amide bonds. The Hall–Kier alpha value is -3.97. The number of amides is 2. The number of likely N-dealkylation sites (tertiary alicyclic amines) is 1. The summed E-state index contributed by atoms with van der Waals surface area (Å²) >= 11 is 0. The molecule has 6 unspecified atom stereocenters. The number of allylic oxidation sites excluding steroid dienone is 12. The van der Waals surface area contributed by atoms with Crippen LogP contribution in [0.4, 0.5) is 0 Å². The van der Waals surface area contributed by atoms with Crippen molar-refractivity contribution in [1.82, 2.24) is 4.90 Å². The highest BCUT2D eigenvalue weighted by atomic mass is 16.7. The van der Waals surface area contributed by atoms with Crippen molar-refractivity contribution in [2.75, 3.05) is 19.7 Å². The van der Waals surface area contributed by atoms with E-state index in [4.69, 9.17) is 30.4 Å². The first-order valence-electron chi connectivity index (χ1n) is 24.7. The van der Waals surface area contributed by atoms with E-state index in [9.17, 15) is 65.4 Å². The predicted octanol–water partition coefficient (Wildman–Crippen LogP) is -0.283. The summed E-state index contributed by atoms with van der Waals surface area (Å²) in [5.74, 6) is -6.06. The lowest BCUT2D eigenvalue weighted by Gasteiger charge is -2.47. The van der Waals surface area contributed by atoms with Gasteiger partial charge in [0.25, 0.3) is 0 Å². The number of nitrogens with two attached hydrogens (primary N) is 2. The fourth-order valence-corrected chi connectivity index (χ4v) is 9.09. The van der Waals surface area contributed by atoms with E-state index in [1.54, 1.807) is 61.6 Å². The van der Waals surface area contributed by atoms with Gasteiger partial charge >= 0.3 is 5.97 Å². The van der Waals surface area contributed by atoms with Gasteiger partial charge in [-0.15, -0.1) is 0 Å². The molecule has 0 radical (unpaired) electrons. The SMILES string of the molecule is C[C@H]1C[C@H](O)[C@@H](C)/C=C/C=C/C=C/C=C/C=C/C=C/C=C/C(O[C@@H]2OC[C@@H](O)[C@H](N)[C@@H]2O)C[C@@H]2OC(O)(CC(O)CC(O)C(O)CCC(O)C[C@@H](O)CC(=O)O1)C[C@H](O)[C@H]2C(=O)N1CCC(C(N)=O)CC1. The van der Waals surface area contributed by atoms with Crippen molar-refractivity contribution < 1.29 is 84.4 Å². The number of aliphatic hydroxyl groups is 10. The largest absolute Gasteiger partial charge is 0.462 e. The summed E-state index contributed by atoms with van der Waals surface area (Å²) in [6.45, 7) is 3.50. The van der Waals surface area contributed by atoms with Crippen molar-refractivity contribution in [2.24, 2.45) is 29.2 Å². The van der Waals surface area contributed by atoms with Gasteiger partial charge in [-0.2, -0.15) is 0 Å². The first-order chi connectivity index (χ1) is 33.7. The third kappa shape index (κ3) is 20.1. The van der Waals surface area contributed by atoms with Crippen molar-refractivity contribution in [3.8, 4) is 0 Å². The number of esters is 1. The number of primary amides is 1. The minimum Gasteiger partial charge on any atom is -0.462 e. The summed E-state index contributed by atoms with van der Waals surface area (Å²) in [5.41, 5.74) is 11.6. The molecule has 14 N–H and O–H groups in total. The molecule has 4 rings (SSSR count). The molecule has 4 aliphatic heterocycles. The van der Waals surface area contributed by atoms with Gasteiger partial charge in [0.1, 0.15) is 12.2 Å². The molecular formula is C51H79N3O17. The maximum atomic E-state index is 14.3. The van der Waals surface area contributed by atoms with Crippen LogP contribution >= 0.6 is 0 Å². The van der Waals surface area contributed by atoms with Crippen LogP contribution in [0.5, 0.6) is 0 Å². The lowest BCUT2D eigenvalue weighted by Crippen LogP contribution is -2.60. The molecule has 400 valence electrons. The quantitative estimate of drug-likeness (QED) is 0.161. The monoisotopic (exact) mass is 1010 g/mol. The first kappa shape index (κ1) is 59.6. The van der Waals surface area contributed by atoms with Crippen LogP contribution in [0.2, 0.25) is 0 Å². The molecule has 3 saturated heterocycles. The van der Waals surface area contributed by atoms with Crippen molar-refractivity contribution >= 4 is 17.8 Å². The highest BCUT2D eigenvalue weighted by Crippen LogP contribution is 2.39. The summed E-state index contributed by atoms with van der Waals surface area (Å²) in [6, 6.07) is -1.13. The topological polar surface area (TPSA) is 346 Å². The number of hydrogen-bond donors (Lipinski definition) is 12. The van der Waals surface area contributed by atoms with Crippen molar-refractivity contribution in [1.29, 1.82) is 0 Å². The van der Waals surface area contributed by atoms with Gasteiger partial charge in [-0.25, -0.2) is 0 Å². The van der Waals surface area contributed by atoms with E-state index in [-0.39, 0.29) is 57.7 Å². The Labute approximate surface area is 415 Å². The zero-order chi connectivity index (χ0) is 52.3. The molecule has 0 aliphatic carbocycles. The number of nitrogens with zero attached hydrogens (tertiary/aromatic N) is 1. The standard InChI is InChI=1S/C51H79N3O17/c1-31-15-13-11-9-7-5-3-4-6-8-10-12-14-16-37(70-50-47(64)46(52)42(62)30-68-50)27-43-45(49(66)54-21-19-33(20-22-54)48(53)65)41(61)29-51(67,71-43)28-36(57)25-40(60)38(58)18-17-34(55)24-35(56)26-44(63)69-32(2)23-39(31)59/h3-16,31-43,45-47,50,55-62,64,67H,17-30,52H2,1-2H3,(H2,53,65)/b4-3+,7-5+,8-6+,11-9+,12-10+,15-13+,16-14+/t31-,32-,34?,35+,36?,37?,38?,39-,40?,41-,42+,43-,45+,46-,47-,50-,51?/m0/s1. The van der Waals surface area contributed by atoms with Crippen molar-refractivity contribution in [2.45, 2.75) is 176 Å². The molecule has 20 nitrogen and oxygen atoms in total. The zero-order valence-corrected chi connectivity index (χ0v) is 40.7. The molecule has 71 heavy (non-hydrogen) atoms. The minimum absolute atomic E-state index is 0.104. The molecule has 4 aliphatic rings. The van der Waals surface area contributed by atoms with E-state index in [0.717, 1.165) is 0 Å². The molecule has 0 aromatic carbocycles. The summed E-state index contributed by atoms with van der Waals surface area (Å²) in [7, 11) is 0. The Morgan fingerprint density at radius 1 is 0.676 bits per heavy atom. The Kier molecular flexibility index (Phi) is 24.9. The molecule has 0 spiro atoms. The number of fused-ring (bicyclic) bond motifs is 2. The molecule has 3 fully saturated rings. The summed E-state index contributed by atoms with van der Waals surface area (Å²) < 4.78 is 23.4. The number of aliphatic hydroxyl groups excluding tert-OH is 9. The van der Waals surface area contributed by atoms with Crippen molar-refractivity contribution in [3.05, 3.63) is 85.1 Å². The van der Waals surface area contributed by atoms with Gasteiger partial charge in [0.2, 0.25) is 11.8 Å². The summed E-state index contributed by atoms with van der Waals surface area (Å²) in [4.78, 5) is 40.2. The van der Waals surface area contributed by atoms with Gasteiger partial charge < -0.3 is 86.4 Å². The Bertz CT molecular complexity index is 1870. The van der Waals surface area contributed by atoms with Crippen LogP contribution in [0.3, 0.4) is 0 Å². The van der Waals surface area contributed by atoms with E-state index >= 15 is 0 Å². The number of carbonyl (C=O) groups excluding carboxylic acids is 3. The second kappa shape index (κ2) is 29.7. The van der Waals surface area contributed by atoms with Gasteiger partial charge in [-0.3, -0.25) is 14.4 Å². The fourth-order valence-electron chi connectivity index (χ4n) is 9.09. The third-order valence-corrected chi connectivity index (χ3v) is 13.3. The number of piperidine rings is 1. The summed E-state index contributed by atoms with van der Waals surface area (Å²) in [5, 5.41) is 109. The fraction of sp³-hybridized carbons (Fsp3) is 0.667. The van der Waals surface area contributed by atoms with Crippen LogP contribution in [0, 0.1) is 17.8 Å². The second-order valence-electron chi connectivity index (χ2n) is 19.4. The molecule has 4 heterocycles. The van der Waals surface area contributed by atoms with Crippen LogP contribution < -0.4 is 11.5 Å². The summed E-state index contributed by atoms with van der Waals surface area (Å²) in [6.07, 6.45) is 5.95. The van der Waals surface area contributed by atoms with E-state index in [1.807, 2.05) is 37.3 Å². The normalized spacial score (nSPS) is 42.1. The van der Waals surface area contributed by atoms with Crippen LogP contribution in [0.1, 0.15) is 84.5 Å². The maximum Gasteiger partial charge on any atom is 0.308 e. The molecule has 20 heteroatoms. The number of cyclic esters (lactones) is 1. The smallest absolute Gasteiger partial charge is 0.308 e. The van der Waals surface area contributed by atoms with Crippen LogP contribution in [-0.2, 0) is 33.3 Å². The number of carbonyl (C=O) groups is 3. The van der Waals surface area contributed by atoms with Gasteiger partial charge in [0.15, 0.2) is 12.1 Å². The molecule has 0 saturated carbocycles. The Balaban J connectivity index is 1.60. The van der Waals surface area contributed by atoms with E-state index in [2.05, 4.69) is 0 Å². The van der Waals surface area contributed by atoms with Crippen LogP contribution in [-0.4, -0.2) is 185 Å². The molecule has 17 atom stereocenters. The lowest BCUT2D eigenvalue weighted by molar-refractivity contribution is -0.305. The Morgan fingerprint density at radius 2 is 1.27 bits per heavy atom. The highest BCUT2D eigenvalue weighted by Gasteiger charge is 2.51. The third-order valence-electron chi connectivity index (χ3n) is 13.3. The zero-order valence-electron chi connectivity index (χ0n) is 40.7. The number of rotatable bonds is 4. The maximum absolute atomic E-state index is 14.3. The van der Waals surface area contributed by atoms with Gasteiger partial charge in [-0.05, 0) is 39.0 Å². The molecule has 0 aromatic rings. The van der Waals surface area contributed by atoms with Gasteiger partial charge in [0, 0.05) is 57.0 Å². The van der Waals surface area contributed by atoms with E-state index in [1.165, 1.54) is 4.90 Å². The molecule has 0 aromatic heterocycles. The number of ether oxygens (including phenoxy) is 4. The molecule has 2 bridgehead atoms. The van der Waals surface area contributed by atoms with E-state index < -0.39 is 147 Å². The highest BCUT2D eigenvalue weighted by molar-refractivity contribution is 5.81. The predicted molar refractivity (Wildman–Crippen MR) is 259 cm³/mol. The van der Waals surface area contributed by atoms with Gasteiger partial charge in [0.05, 0.1) is 86.0 Å². The second-order valence-corrected chi connectivity index (χ2v) is 19.4. The average molecular weight is 1010 g/mol. The van der Waals surface area contributed by atoms with Gasteiger partial charge in [-0.1, -0.05) is 92.0 Å². The first-order valence-corrected chi connectivity index (χ1v) is 24.7. The van der Waals surface area contributed by atoms with E-state index in [0.29, 0.717) is 12.8 Å². The lowest BCUT2D eigenvalue weighted by atomic mass is 9.81. The minimum atomic E-state index is -2.30. The average Bonchev–Trinajstić information content (AvgIpc) is 3.29. The van der Waals surface area contributed by atoms with Crippen LogP contribution in [0.25, 0.3) is 0 Å². The molecular weight excluding hydrogens is 927 g/mol.